The molecule has 0 radical (unpaired) electrons. The number of thiophene rings is 1. The van der Waals surface area contributed by atoms with Crippen LogP contribution in [0, 0.1) is 6.92 Å². The van der Waals surface area contributed by atoms with Gasteiger partial charge in [0.25, 0.3) is 0 Å². The summed E-state index contributed by atoms with van der Waals surface area (Å²) in [4.78, 5) is 1.48. The maximum absolute atomic E-state index is 2.36. The fourth-order valence-electron chi connectivity index (χ4n) is 1.98. The Morgan fingerprint density at radius 3 is 2.57 bits per heavy atom. The summed E-state index contributed by atoms with van der Waals surface area (Å²) in [6, 6.07) is 6.88. The van der Waals surface area contributed by atoms with Crippen LogP contribution in [0.15, 0.2) is 18.2 Å². The molecule has 0 amide bonds. The zero-order chi connectivity index (χ0) is 10.1. The van der Waals surface area contributed by atoms with E-state index in [0.29, 0.717) is 0 Å². The summed E-state index contributed by atoms with van der Waals surface area (Å²) in [6.45, 7) is 6.69. The predicted molar refractivity (Wildman–Crippen MR) is 65.3 cm³/mol. The predicted octanol–water partition coefficient (Wildman–Crippen LogP) is 4.33. The Balaban J connectivity index is 2.71. The zero-order valence-corrected chi connectivity index (χ0v) is 9.87. The van der Waals surface area contributed by atoms with Crippen LogP contribution in [-0.2, 0) is 12.8 Å². The fraction of sp³-hybridized carbons (Fsp3) is 0.385. The first-order valence-corrected chi connectivity index (χ1v) is 6.08. The quantitative estimate of drug-likeness (QED) is 0.683. The number of aryl methyl sites for hydroxylation is 3. The number of rotatable bonds is 2. The molecule has 0 nitrogen and oxygen atoms in total. The highest BCUT2D eigenvalue weighted by Gasteiger charge is 2.06. The molecule has 0 aliphatic heterocycles. The van der Waals surface area contributed by atoms with E-state index in [0.717, 1.165) is 12.8 Å². The van der Waals surface area contributed by atoms with Crippen molar-refractivity contribution in [1.29, 1.82) is 0 Å². The van der Waals surface area contributed by atoms with Gasteiger partial charge in [0, 0.05) is 9.58 Å². The van der Waals surface area contributed by atoms with E-state index in [1.807, 2.05) is 11.3 Å². The SMILES string of the molecule is CCc1ccc2sc(C)c(CC)c2c1. The number of benzene rings is 1. The van der Waals surface area contributed by atoms with E-state index in [1.165, 1.54) is 20.5 Å². The molecule has 1 heteroatoms. The summed E-state index contributed by atoms with van der Waals surface area (Å²) in [5, 5.41) is 1.48. The third kappa shape index (κ3) is 1.46. The Bertz CT molecular complexity index is 451. The lowest BCUT2D eigenvalue weighted by Gasteiger charge is -1.99. The van der Waals surface area contributed by atoms with Crippen molar-refractivity contribution in [2.75, 3.05) is 0 Å². The molecule has 1 aromatic heterocycles. The van der Waals surface area contributed by atoms with Crippen molar-refractivity contribution in [3.63, 3.8) is 0 Å². The largest absolute Gasteiger partial charge is 0.140 e. The fourth-order valence-corrected chi connectivity index (χ4v) is 3.11. The van der Waals surface area contributed by atoms with Gasteiger partial charge in [-0.15, -0.1) is 11.3 Å². The van der Waals surface area contributed by atoms with Gasteiger partial charge >= 0.3 is 0 Å². The summed E-state index contributed by atoms with van der Waals surface area (Å²) in [6.07, 6.45) is 2.28. The van der Waals surface area contributed by atoms with E-state index in [9.17, 15) is 0 Å². The van der Waals surface area contributed by atoms with Crippen molar-refractivity contribution >= 4 is 21.4 Å². The minimum absolute atomic E-state index is 1.13. The molecule has 2 rings (SSSR count). The normalized spacial score (nSPS) is 11.1. The molecule has 0 unspecified atom stereocenters. The van der Waals surface area contributed by atoms with Crippen molar-refractivity contribution in [3.05, 3.63) is 34.2 Å². The van der Waals surface area contributed by atoms with Gasteiger partial charge in [-0.3, -0.25) is 0 Å². The summed E-state index contributed by atoms with van der Waals surface area (Å²) >= 11 is 1.92. The van der Waals surface area contributed by atoms with E-state index < -0.39 is 0 Å². The summed E-state index contributed by atoms with van der Waals surface area (Å²) in [7, 11) is 0. The van der Waals surface area contributed by atoms with Gasteiger partial charge in [-0.2, -0.15) is 0 Å². The van der Waals surface area contributed by atoms with Crippen molar-refractivity contribution in [3.8, 4) is 0 Å². The number of hydrogen-bond acceptors (Lipinski definition) is 1. The van der Waals surface area contributed by atoms with Gasteiger partial charge < -0.3 is 0 Å². The molecule has 0 saturated carbocycles. The molecule has 0 aliphatic rings. The summed E-state index contributed by atoms with van der Waals surface area (Å²) < 4.78 is 1.44. The van der Waals surface area contributed by atoms with Crippen LogP contribution in [0.3, 0.4) is 0 Å². The average molecular weight is 204 g/mol. The van der Waals surface area contributed by atoms with Gasteiger partial charge in [0.15, 0.2) is 0 Å². The first-order chi connectivity index (χ1) is 6.76. The van der Waals surface area contributed by atoms with E-state index in [1.54, 1.807) is 5.56 Å². The van der Waals surface area contributed by atoms with Crippen LogP contribution in [0.25, 0.3) is 10.1 Å². The molecular weight excluding hydrogens is 188 g/mol. The van der Waals surface area contributed by atoms with Gasteiger partial charge in [0.05, 0.1) is 0 Å². The van der Waals surface area contributed by atoms with E-state index in [2.05, 4.69) is 39.0 Å². The summed E-state index contributed by atoms with van der Waals surface area (Å²) in [5.74, 6) is 0. The third-order valence-corrected chi connectivity index (χ3v) is 3.95. The Morgan fingerprint density at radius 1 is 1.14 bits per heavy atom. The lowest BCUT2D eigenvalue weighted by atomic mass is 10.1. The second-order valence-electron chi connectivity index (χ2n) is 3.67. The zero-order valence-electron chi connectivity index (χ0n) is 9.05. The molecule has 1 heterocycles. The van der Waals surface area contributed by atoms with Crippen molar-refractivity contribution in [1.82, 2.24) is 0 Å². The molecule has 2 aromatic rings. The molecule has 0 saturated heterocycles. The van der Waals surface area contributed by atoms with E-state index >= 15 is 0 Å². The molecule has 0 bridgehead atoms. The number of fused-ring (bicyclic) bond motifs is 1. The maximum Gasteiger partial charge on any atom is 0.0348 e. The highest BCUT2D eigenvalue weighted by molar-refractivity contribution is 7.19. The van der Waals surface area contributed by atoms with Crippen LogP contribution in [0.5, 0.6) is 0 Å². The van der Waals surface area contributed by atoms with E-state index in [-0.39, 0.29) is 0 Å². The van der Waals surface area contributed by atoms with Crippen molar-refractivity contribution in [2.24, 2.45) is 0 Å². The van der Waals surface area contributed by atoms with Gasteiger partial charge in [0.2, 0.25) is 0 Å². The molecule has 0 spiro atoms. The minimum Gasteiger partial charge on any atom is -0.140 e. The summed E-state index contributed by atoms with van der Waals surface area (Å²) in [5.41, 5.74) is 2.99. The molecule has 0 fully saturated rings. The van der Waals surface area contributed by atoms with Crippen LogP contribution < -0.4 is 0 Å². The van der Waals surface area contributed by atoms with Gasteiger partial charge in [-0.1, -0.05) is 26.0 Å². The van der Waals surface area contributed by atoms with Gasteiger partial charge in [-0.25, -0.2) is 0 Å². The monoisotopic (exact) mass is 204 g/mol. The standard InChI is InChI=1S/C13H16S/c1-4-10-6-7-13-12(8-10)11(5-2)9(3)14-13/h6-8H,4-5H2,1-3H3. The lowest BCUT2D eigenvalue weighted by molar-refractivity contribution is 1.13. The molecule has 14 heavy (non-hydrogen) atoms. The first-order valence-electron chi connectivity index (χ1n) is 5.27. The maximum atomic E-state index is 2.36. The minimum atomic E-state index is 1.13. The van der Waals surface area contributed by atoms with Crippen LogP contribution >= 0.6 is 11.3 Å². The number of hydrogen-bond donors (Lipinski definition) is 0. The molecule has 0 N–H and O–H groups in total. The van der Waals surface area contributed by atoms with Gasteiger partial charge in [0.1, 0.15) is 0 Å². The lowest BCUT2D eigenvalue weighted by Crippen LogP contribution is -1.82. The average Bonchev–Trinajstić information content (AvgIpc) is 2.52. The molecule has 1 aromatic carbocycles. The van der Waals surface area contributed by atoms with E-state index in [4.69, 9.17) is 0 Å². The highest BCUT2D eigenvalue weighted by Crippen LogP contribution is 2.31. The molecule has 0 aliphatic carbocycles. The Morgan fingerprint density at radius 2 is 1.93 bits per heavy atom. The van der Waals surface area contributed by atoms with Crippen LogP contribution in [0.4, 0.5) is 0 Å². The highest BCUT2D eigenvalue weighted by atomic mass is 32.1. The van der Waals surface area contributed by atoms with Crippen molar-refractivity contribution < 1.29 is 0 Å². The van der Waals surface area contributed by atoms with Crippen LogP contribution in [0.1, 0.15) is 29.9 Å². The van der Waals surface area contributed by atoms with Crippen LogP contribution in [0.2, 0.25) is 0 Å². The smallest absolute Gasteiger partial charge is 0.0348 e. The first kappa shape index (κ1) is 9.72. The van der Waals surface area contributed by atoms with Crippen molar-refractivity contribution in [2.45, 2.75) is 33.6 Å². The third-order valence-electron chi connectivity index (χ3n) is 2.82. The molecular formula is C13H16S. The second-order valence-corrected chi connectivity index (χ2v) is 4.93. The Labute approximate surface area is 89.6 Å². The Hall–Kier alpha value is -0.820. The van der Waals surface area contributed by atoms with Gasteiger partial charge in [-0.05, 0) is 42.3 Å². The molecule has 74 valence electrons. The molecule has 0 atom stereocenters. The topological polar surface area (TPSA) is 0 Å². The Kier molecular flexibility index (Phi) is 2.60. The van der Waals surface area contributed by atoms with Crippen LogP contribution in [-0.4, -0.2) is 0 Å². The second kappa shape index (κ2) is 3.74.